The van der Waals surface area contributed by atoms with Gasteiger partial charge in [-0.2, -0.15) is 9.61 Å². The molecule has 0 aromatic carbocycles. The molecular weight excluding hydrogens is 382 g/mol. The number of fused-ring (bicyclic) bond motifs is 1. The molecule has 2 aliphatic carbocycles. The molecular formula is C21H25N7O2. The normalized spacial score (nSPS) is 21.0. The van der Waals surface area contributed by atoms with Crippen molar-refractivity contribution in [3.05, 3.63) is 35.7 Å². The number of anilines is 2. The average molecular weight is 407 g/mol. The quantitative estimate of drug-likeness (QED) is 0.588. The van der Waals surface area contributed by atoms with E-state index in [0.29, 0.717) is 29.1 Å². The third kappa shape index (κ3) is 3.87. The molecule has 2 aromatic rings. The molecule has 1 aliphatic heterocycles. The number of amides is 3. The van der Waals surface area contributed by atoms with Gasteiger partial charge in [0.1, 0.15) is 11.6 Å². The summed E-state index contributed by atoms with van der Waals surface area (Å²) in [5.74, 6) is 1.72. The van der Waals surface area contributed by atoms with Crippen molar-refractivity contribution in [3.63, 3.8) is 0 Å². The number of hydrogen-bond donors (Lipinski definition) is 4. The van der Waals surface area contributed by atoms with Crippen LogP contribution in [0.1, 0.15) is 44.6 Å². The molecule has 9 nitrogen and oxygen atoms in total. The van der Waals surface area contributed by atoms with Crippen molar-refractivity contribution in [2.75, 3.05) is 10.6 Å². The summed E-state index contributed by atoms with van der Waals surface area (Å²) in [6.45, 7) is 5.92. The molecule has 9 heteroatoms. The van der Waals surface area contributed by atoms with E-state index < -0.39 is 0 Å². The number of carbonyl (C=O) groups is 2. The van der Waals surface area contributed by atoms with Crippen LogP contribution in [-0.2, 0) is 4.79 Å². The molecule has 156 valence electrons. The Kier molecular flexibility index (Phi) is 4.45. The molecule has 30 heavy (non-hydrogen) atoms. The van der Waals surface area contributed by atoms with Gasteiger partial charge in [0.2, 0.25) is 5.91 Å². The van der Waals surface area contributed by atoms with Crippen LogP contribution in [0.5, 0.6) is 0 Å². The second-order valence-corrected chi connectivity index (χ2v) is 8.38. The number of rotatable bonds is 6. The molecule has 3 aliphatic rings. The summed E-state index contributed by atoms with van der Waals surface area (Å²) in [5.41, 5.74) is 2.77. The maximum absolute atomic E-state index is 12.4. The molecule has 0 spiro atoms. The molecule has 3 amide bonds. The van der Waals surface area contributed by atoms with Crippen molar-refractivity contribution in [2.24, 2.45) is 5.92 Å². The Hall–Kier alpha value is -3.36. The maximum atomic E-state index is 12.4. The number of allylic oxidation sites excluding steroid dienone is 1. The molecule has 5 rings (SSSR count). The molecule has 3 fully saturated rings. The Bertz CT molecular complexity index is 1080. The molecule has 2 saturated carbocycles. The summed E-state index contributed by atoms with van der Waals surface area (Å²) in [4.78, 5) is 28.7. The molecule has 4 N–H and O–H groups in total. The van der Waals surface area contributed by atoms with Gasteiger partial charge in [-0.05, 0) is 50.2 Å². The first-order valence-corrected chi connectivity index (χ1v) is 10.4. The molecule has 0 unspecified atom stereocenters. The number of aromatic nitrogens is 3. The lowest BCUT2D eigenvalue weighted by Crippen LogP contribution is -2.37. The van der Waals surface area contributed by atoms with Gasteiger partial charge in [-0.3, -0.25) is 10.1 Å². The van der Waals surface area contributed by atoms with Gasteiger partial charge in [0.25, 0.3) is 0 Å². The van der Waals surface area contributed by atoms with Crippen LogP contribution in [0.3, 0.4) is 0 Å². The zero-order valence-corrected chi connectivity index (χ0v) is 16.9. The van der Waals surface area contributed by atoms with E-state index in [0.717, 1.165) is 42.6 Å². The Labute approximate surface area is 174 Å². The van der Waals surface area contributed by atoms with Crippen LogP contribution in [-0.4, -0.2) is 38.6 Å². The van der Waals surface area contributed by atoms with Crippen molar-refractivity contribution in [3.8, 4) is 0 Å². The van der Waals surface area contributed by atoms with Gasteiger partial charge in [0.05, 0.1) is 12.6 Å². The van der Waals surface area contributed by atoms with E-state index >= 15 is 0 Å². The van der Waals surface area contributed by atoms with Crippen molar-refractivity contribution >= 4 is 35.3 Å². The first-order chi connectivity index (χ1) is 14.5. The molecule has 0 radical (unpaired) electrons. The topological polar surface area (TPSA) is 112 Å². The van der Waals surface area contributed by atoms with Gasteiger partial charge < -0.3 is 16.0 Å². The third-order valence-electron chi connectivity index (χ3n) is 5.72. The highest BCUT2D eigenvalue weighted by Gasteiger charge is 2.29. The number of nitrogens with one attached hydrogen (secondary N) is 4. The highest BCUT2D eigenvalue weighted by molar-refractivity contribution is 5.91. The summed E-state index contributed by atoms with van der Waals surface area (Å²) in [6, 6.07) is 2.10. The Balaban J connectivity index is 1.46. The summed E-state index contributed by atoms with van der Waals surface area (Å²) in [7, 11) is 0. The summed E-state index contributed by atoms with van der Waals surface area (Å²) in [6.07, 6.45) is 8.41. The smallest absolute Gasteiger partial charge is 0.320 e. The second kappa shape index (κ2) is 7.16. The lowest BCUT2D eigenvalue weighted by atomic mass is 10.1. The van der Waals surface area contributed by atoms with Gasteiger partial charge in [-0.15, -0.1) is 0 Å². The maximum Gasteiger partial charge on any atom is 0.320 e. The SMILES string of the molecule is C=C1NC(=O)C/C1=C\c1cnn2c(NC3CC3)cc(NC(=O)N[C@@H](C)C3CC3)nc12. The van der Waals surface area contributed by atoms with Crippen LogP contribution < -0.4 is 21.3 Å². The van der Waals surface area contributed by atoms with Crippen molar-refractivity contribution in [1.29, 1.82) is 0 Å². The minimum absolute atomic E-state index is 0.0735. The minimum atomic E-state index is -0.262. The number of nitrogens with zero attached hydrogens (tertiary/aromatic N) is 3. The Morgan fingerprint density at radius 1 is 1.37 bits per heavy atom. The van der Waals surface area contributed by atoms with Crippen LogP contribution in [0, 0.1) is 5.92 Å². The predicted octanol–water partition coefficient (Wildman–Crippen LogP) is 2.64. The lowest BCUT2D eigenvalue weighted by molar-refractivity contribution is -0.118. The van der Waals surface area contributed by atoms with Crippen LogP contribution in [0.25, 0.3) is 11.7 Å². The Morgan fingerprint density at radius 2 is 2.17 bits per heavy atom. The molecule has 0 bridgehead atoms. The van der Waals surface area contributed by atoms with Crippen molar-refractivity contribution in [2.45, 2.75) is 51.1 Å². The van der Waals surface area contributed by atoms with Crippen LogP contribution in [0.15, 0.2) is 30.1 Å². The third-order valence-corrected chi connectivity index (χ3v) is 5.72. The molecule has 3 heterocycles. The second-order valence-electron chi connectivity index (χ2n) is 8.38. The number of carbonyl (C=O) groups excluding carboxylic acids is 2. The van der Waals surface area contributed by atoms with E-state index in [9.17, 15) is 9.59 Å². The first kappa shape index (κ1) is 18.7. The molecule has 1 atom stereocenters. The van der Waals surface area contributed by atoms with Crippen LogP contribution in [0.4, 0.5) is 16.4 Å². The predicted molar refractivity (Wildman–Crippen MR) is 114 cm³/mol. The number of hydrogen-bond acceptors (Lipinski definition) is 5. The van der Waals surface area contributed by atoms with Crippen LogP contribution >= 0.6 is 0 Å². The molecule has 1 saturated heterocycles. The van der Waals surface area contributed by atoms with E-state index in [2.05, 4.69) is 37.9 Å². The standard InChI is InChI=1S/C21H25N7O2/c1-11(13-3-4-13)24-21(30)27-17-9-18(25-16-5-6-16)28-20(26-17)15(10-22-28)7-14-8-19(29)23-12(14)2/h7,9-11,13,16,25H,2-6,8H2,1H3,(H,23,29)(H2,24,26,27,30)/b14-7+/t11-/m0/s1. The van der Waals surface area contributed by atoms with Gasteiger partial charge in [0, 0.05) is 29.4 Å². The highest BCUT2D eigenvalue weighted by Crippen LogP contribution is 2.32. The Morgan fingerprint density at radius 3 is 2.83 bits per heavy atom. The van der Waals surface area contributed by atoms with Gasteiger partial charge in [0.15, 0.2) is 5.65 Å². The van der Waals surface area contributed by atoms with E-state index in [-0.39, 0.29) is 24.4 Å². The summed E-state index contributed by atoms with van der Waals surface area (Å²) < 4.78 is 1.73. The van der Waals surface area contributed by atoms with E-state index in [1.165, 1.54) is 0 Å². The van der Waals surface area contributed by atoms with E-state index in [1.807, 2.05) is 13.0 Å². The minimum Gasteiger partial charge on any atom is -0.367 e. The fourth-order valence-electron chi connectivity index (χ4n) is 3.66. The van der Waals surface area contributed by atoms with Gasteiger partial charge in [-0.1, -0.05) is 6.58 Å². The fraction of sp³-hybridized carbons (Fsp3) is 0.429. The van der Waals surface area contributed by atoms with Gasteiger partial charge >= 0.3 is 6.03 Å². The van der Waals surface area contributed by atoms with Crippen molar-refractivity contribution in [1.82, 2.24) is 25.2 Å². The monoisotopic (exact) mass is 407 g/mol. The fourth-order valence-corrected chi connectivity index (χ4v) is 3.66. The lowest BCUT2D eigenvalue weighted by Gasteiger charge is -2.14. The van der Waals surface area contributed by atoms with Crippen molar-refractivity contribution < 1.29 is 9.59 Å². The largest absolute Gasteiger partial charge is 0.367 e. The zero-order chi connectivity index (χ0) is 20.8. The first-order valence-electron chi connectivity index (χ1n) is 10.4. The molecule has 2 aromatic heterocycles. The summed E-state index contributed by atoms with van der Waals surface area (Å²) >= 11 is 0. The summed E-state index contributed by atoms with van der Waals surface area (Å²) in [5, 5.41) is 16.5. The van der Waals surface area contributed by atoms with E-state index in [4.69, 9.17) is 0 Å². The van der Waals surface area contributed by atoms with Crippen LogP contribution in [0.2, 0.25) is 0 Å². The highest BCUT2D eigenvalue weighted by atomic mass is 16.2. The van der Waals surface area contributed by atoms with Gasteiger partial charge in [-0.25, -0.2) is 9.78 Å². The zero-order valence-electron chi connectivity index (χ0n) is 16.9. The van der Waals surface area contributed by atoms with E-state index in [1.54, 1.807) is 16.8 Å². The number of urea groups is 1. The average Bonchev–Trinajstić information content (AvgIpc) is 3.60.